The van der Waals surface area contributed by atoms with E-state index >= 15 is 0 Å². The number of carbonyl (C=O) groups is 1. The number of rotatable bonds is 1. The second-order valence-electron chi connectivity index (χ2n) is 4.77. The Morgan fingerprint density at radius 2 is 2.06 bits per heavy atom. The van der Waals surface area contributed by atoms with Crippen LogP contribution < -0.4 is 0 Å². The van der Waals surface area contributed by atoms with Crippen LogP contribution in [0.1, 0.15) is 27.7 Å². The number of aliphatic imine (C=N–C) groups is 1. The van der Waals surface area contributed by atoms with Gasteiger partial charge < -0.3 is 4.74 Å². The lowest BCUT2D eigenvalue weighted by Crippen LogP contribution is -2.35. The van der Waals surface area contributed by atoms with Gasteiger partial charge in [0, 0.05) is 6.54 Å². The number of nitrogens with zero attached hydrogens (tertiary/aromatic N) is 2. The third-order valence-corrected chi connectivity index (χ3v) is 2.09. The number of ether oxygens (including phenoxy) is 1. The summed E-state index contributed by atoms with van der Waals surface area (Å²) in [6, 6.07) is 0. The average molecular weight is 224 g/mol. The van der Waals surface area contributed by atoms with Crippen LogP contribution in [0, 0.1) is 0 Å². The second kappa shape index (κ2) is 4.49. The standard InChI is InChI=1S/C11H16N2O3/c1-8-5-13(6-9(8)12-7-14)10(15)16-11(2,3)4/h5-6H2,1-4H3. The molecule has 5 heteroatoms. The Morgan fingerprint density at radius 3 is 2.56 bits per heavy atom. The summed E-state index contributed by atoms with van der Waals surface area (Å²) in [4.78, 5) is 26.9. The Hall–Kier alpha value is -1.61. The van der Waals surface area contributed by atoms with Crippen molar-refractivity contribution in [2.75, 3.05) is 13.1 Å². The van der Waals surface area contributed by atoms with Gasteiger partial charge in [-0.3, -0.25) is 4.90 Å². The molecule has 5 nitrogen and oxygen atoms in total. The summed E-state index contributed by atoms with van der Waals surface area (Å²) in [6.45, 7) is 8.04. The van der Waals surface area contributed by atoms with Gasteiger partial charge in [-0.1, -0.05) is 0 Å². The molecule has 0 spiro atoms. The molecule has 88 valence electrons. The van der Waals surface area contributed by atoms with Gasteiger partial charge >= 0.3 is 6.09 Å². The maximum Gasteiger partial charge on any atom is 0.410 e. The van der Waals surface area contributed by atoms with Gasteiger partial charge in [0.05, 0.1) is 12.2 Å². The third-order valence-electron chi connectivity index (χ3n) is 2.09. The third kappa shape index (κ3) is 3.21. The molecule has 0 aliphatic carbocycles. The Balaban J connectivity index is 2.63. The van der Waals surface area contributed by atoms with Crippen LogP contribution in [0.25, 0.3) is 0 Å². The minimum absolute atomic E-state index is 0.315. The van der Waals surface area contributed by atoms with E-state index in [4.69, 9.17) is 4.74 Å². The van der Waals surface area contributed by atoms with E-state index in [9.17, 15) is 9.59 Å². The molecule has 16 heavy (non-hydrogen) atoms. The molecule has 0 N–H and O–H groups in total. The molecule has 0 saturated heterocycles. The van der Waals surface area contributed by atoms with Crippen LogP contribution >= 0.6 is 0 Å². The summed E-state index contributed by atoms with van der Waals surface area (Å²) in [5.74, 6) is 0. The molecule has 0 unspecified atom stereocenters. The first-order valence-electron chi connectivity index (χ1n) is 5.08. The van der Waals surface area contributed by atoms with E-state index in [1.165, 1.54) is 11.0 Å². The molecule has 0 aromatic rings. The smallest absolute Gasteiger partial charge is 0.410 e. The Morgan fingerprint density at radius 1 is 1.44 bits per heavy atom. The maximum absolute atomic E-state index is 11.7. The molecule has 1 rings (SSSR count). The van der Waals surface area contributed by atoms with E-state index < -0.39 is 5.60 Å². The summed E-state index contributed by atoms with van der Waals surface area (Å²) in [5, 5.41) is 0. The highest BCUT2D eigenvalue weighted by Gasteiger charge is 2.27. The molecule has 0 aromatic carbocycles. The monoisotopic (exact) mass is 224 g/mol. The fourth-order valence-corrected chi connectivity index (χ4v) is 1.39. The van der Waals surface area contributed by atoms with Gasteiger partial charge in [0.2, 0.25) is 6.08 Å². The fourth-order valence-electron chi connectivity index (χ4n) is 1.39. The highest BCUT2D eigenvalue weighted by atomic mass is 16.6. The first kappa shape index (κ1) is 12.5. The summed E-state index contributed by atoms with van der Waals surface area (Å²) in [7, 11) is 0. The molecular formula is C11H16N2O3. The van der Waals surface area contributed by atoms with Crippen LogP contribution in [0.5, 0.6) is 0 Å². The first-order valence-corrected chi connectivity index (χ1v) is 5.08. The minimum atomic E-state index is -0.512. The van der Waals surface area contributed by atoms with Gasteiger partial charge in [-0.2, -0.15) is 4.99 Å². The number of hydrogen-bond acceptors (Lipinski definition) is 4. The Labute approximate surface area is 94.8 Å². The van der Waals surface area contributed by atoms with Gasteiger partial charge in [0.15, 0.2) is 0 Å². The molecule has 0 fully saturated rings. The molecule has 1 heterocycles. The highest BCUT2D eigenvalue weighted by Crippen LogP contribution is 2.20. The summed E-state index contributed by atoms with van der Waals surface area (Å²) >= 11 is 0. The van der Waals surface area contributed by atoms with E-state index in [0.717, 1.165) is 5.57 Å². The van der Waals surface area contributed by atoms with Crippen molar-refractivity contribution in [1.29, 1.82) is 0 Å². The van der Waals surface area contributed by atoms with E-state index in [0.29, 0.717) is 18.8 Å². The van der Waals surface area contributed by atoms with Crippen molar-refractivity contribution < 1.29 is 14.3 Å². The van der Waals surface area contributed by atoms with Crippen molar-refractivity contribution in [1.82, 2.24) is 4.90 Å². The topological polar surface area (TPSA) is 59.0 Å². The van der Waals surface area contributed by atoms with E-state index in [1.54, 1.807) is 0 Å². The van der Waals surface area contributed by atoms with Gasteiger partial charge in [0.25, 0.3) is 0 Å². The first-order chi connectivity index (χ1) is 7.33. The zero-order chi connectivity index (χ0) is 12.3. The second-order valence-corrected chi connectivity index (χ2v) is 4.77. The average Bonchev–Trinajstić information content (AvgIpc) is 2.46. The molecule has 1 aliphatic rings. The zero-order valence-electron chi connectivity index (χ0n) is 10.0. The van der Waals surface area contributed by atoms with Crippen molar-refractivity contribution in [2.24, 2.45) is 4.99 Å². The van der Waals surface area contributed by atoms with Crippen LogP contribution in [-0.4, -0.2) is 35.8 Å². The van der Waals surface area contributed by atoms with Crippen LogP contribution in [0.15, 0.2) is 16.3 Å². The largest absolute Gasteiger partial charge is 0.444 e. The van der Waals surface area contributed by atoms with E-state index in [1.807, 2.05) is 27.7 Å². The summed E-state index contributed by atoms with van der Waals surface area (Å²) < 4.78 is 5.22. The van der Waals surface area contributed by atoms with Crippen LogP contribution in [0.4, 0.5) is 4.79 Å². The molecule has 0 radical (unpaired) electrons. The summed E-state index contributed by atoms with van der Waals surface area (Å²) in [6.07, 6.45) is 1.10. The lowest BCUT2D eigenvalue weighted by atomic mass is 10.2. The number of isocyanates is 1. The molecule has 0 aromatic heterocycles. The molecule has 0 bridgehead atoms. The maximum atomic E-state index is 11.7. The van der Waals surface area contributed by atoms with E-state index in [-0.39, 0.29) is 6.09 Å². The van der Waals surface area contributed by atoms with Gasteiger partial charge in [0.1, 0.15) is 5.60 Å². The van der Waals surface area contributed by atoms with Crippen molar-refractivity contribution in [3.8, 4) is 0 Å². The molecular weight excluding hydrogens is 208 g/mol. The lowest BCUT2D eigenvalue weighted by molar-refractivity contribution is 0.0299. The Kier molecular flexibility index (Phi) is 3.50. The number of carbonyl (C=O) groups excluding carboxylic acids is 2. The molecule has 0 atom stereocenters. The Bertz CT molecular complexity index is 373. The summed E-state index contributed by atoms with van der Waals surface area (Å²) in [5.41, 5.74) is 0.983. The van der Waals surface area contributed by atoms with Gasteiger partial charge in [-0.05, 0) is 33.3 Å². The van der Waals surface area contributed by atoms with Crippen LogP contribution in [0.2, 0.25) is 0 Å². The molecule has 1 aliphatic heterocycles. The predicted octanol–water partition coefficient (Wildman–Crippen LogP) is 1.85. The molecule has 0 saturated carbocycles. The normalized spacial score (nSPS) is 16.1. The highest BCUT2D eigenvalue weighted by molar-refractivity contribution is 5.70. The van der Waals surface area contributed by atoms with Gasteiger partial charge in [-0.15, -0.1) is 0 Å². The predicted molar refractivity (Wildman–Crippen MR) is 58.6 cm³/mol. The van der Waals surface area contributed by atoms with Crippen LogP contribution in [0.3, 0.4) is 0 Å². The van der Waals surface area contributed by atoms with Crippen molar-refractivity contribution >= 4 is 12.2 Å². The molecule has 1 amide bonds. The fraction of sp³-hybridized carbons (Fsp3) is 0.636. The number of hydrogen-bond donors (Lipinski definition) is 0. The SMILES string of the molecule is CC1=C(N=C=O)CN(C(=O)OC(C)(C)C)C1. The quantitative estimate of drug-likeness (QED) is 0.504. The van der Waals surface area contributed by atoms with Gasteiger partial charge in [-0.25, -0.2) is 9.59 Å². The van der Waals surface area contributed by atoms with Crippen LogP contribution in [-0.2, 0) is 9.53 Å². The minimum Gasteiger partial charge on any atom is -0.444 e. The van der Waals surface area contributed by atoms with Crippen molar-refractivity contribution in [2.45, 2.75) is 33.3 Å². The lowest BCUT2D eigenvalue weighted by Gasteiger charge is -2.24. The van der Waals surface area contributed by atoms with Crippen molar-refractivity contribution in [3.63, 3.8) is 0 Å². The zero-order valence-corrected chi connectivity index (χ0v) is 10.0. The number of amides is 1. The van der Waals surface area contributed by atoms with E-state index in [2.05, 4.69) is 4.99 Å². The van der Waals surface area contributed by atoms with Crippen molar-refractivity contribution in [3.05, 3.63) is 11.3 Å².